The molecule has 7 fully saturated rings. The van der Waals surface area contributed by atoms with Crippen molar-refractivity contribution >= 4 is 5.91 Å². The highest BCUT2D eigenvalue weighted by molar-refractivity contribution is 5.78. The SMILES string of the molecule is CCO[C@@H]([C@H]1C[C@@H](C)[C@H]2[C@H](O1)[C@H](O)[C@@]1(C)[C@@H]3CC[C@H]4C(C)(C)[C@@H](OC5CN(C(=O)C(C)C)CCO5)CC[C@@]45C[C@@]35CC[C@]21C)C(C)(C)O. The van der Waals surface area contributed by atoms with E-state index in [0.29, 0.717) is 55.4 Å². The summed E-state index contributed by atoms with van der Waals surface area (Å²) < 4.78 is 26.0. The first-order valence-electron chi connectivity index (χ1n) is 19.6. The number of hydrogen-bond donors (Lipinski definition) is 2. The van der Waals surface area contributed by atoms with Crippen LogP contribution in [0.1, 0.15) is 121 Å². The molecule has 2 aliphatic heterocycles. The highest BCUT2D eigenvalue weighted by atomic mass is 16.7. The summed E-state index contributed by atoms with van der Waals surface area (Å²) in [5.41, 5.74) is -0.679. The summed E-state index contributed by atoms with van der Waals surface area (Å²) in [5, 5.41) is 23.7. The molecule has 14 atom stereocenters. The summed E-state index contributed by atoms with van der Waals surface area (Å²) in [4.78, 5) is 14.7. The number of amides is 1. The number of aliphatic hydroxyl groups excluding tert-OH is 1. The minimum atomic E-state index is -1.02. The van der Waals surface area contributed by atoms with Crippen molar-refractivity contribution in [1.29, 1.82) is 0 Å². The van der Waals surface area contributed by atoms with Crippen LogP contribution in [0.4, 0.5) is 0 Å². The Bertz CT molecular complexity index is 1250. The van der Waals surface area contributed by atoms with Crippen LogP contribution in [0.2, 0.25) is 0 Å². The number of aliphatic hydroxyl groups is 2. The second-order valence-corrected chi connectivity index (χ2v) is 19.4. The molecule has 2 heterocycles. The number of fused-ring (bicyclic) bond motifs is 4. The first-order valence-corrected chi connectivity index (χ1v) is 19.6. The molecule has 5 saturated carbocycles. The molecule has 0 bridgehead atoms. The van der Waals surface area contributed by atoms with Crippen molar-refractivity contribution in [3.63, 3.8) is 0 Å². The predicted molar refractivity (Wildman–Crippen MR) is 184 cm³/mol. The van der Waals surface area contributed by atoms with Gasteiger partial charge in [-0.25, -0.2) is 0 Å². The Morgan fingerprint density at radius 1 is 1.04 bits per heavy atom. The van der Waals surface area contributed by atoms with Gasteiger partial charge in [0.1, 0.15) is 6.10 Å². The molecule has 8 nitrogen and oxygen atoms in total. The minimum absolute atomic E-state index is 0.000579. The Labute approximate surface area is 290 Å². The van der Waals surface area contributed by atoms with Crippen LogP contribution in [0.15, 0.2) is 0 Å². The average molecular weight is 674 g/mol. The van der Waals surface area contributed by atoms with Crippen molar-refractivity contribution < 1.29 is 34.0 Å². The number of hydrogen-bond acceptors (Lipinski definition) is 7. The largest absolute Gasteiger partial charge is 0.390 e. The maximum absolute atomic E-state index is 12.8. The molecule has 48 heavy (non-hydrogen) atoms. The van der Waals surface area contributed by atoms with E-state index in [4.69, 9.17) is 18.9 Å². The molecule has 7 aliphatic rings. The third-order valence-electron chi connectivity index (χ3n) is 16.3. The molecule has 1 amide bonds. The van der Waals surface area contributed by atoms with Crippen molar-refractivity contribution in [2.75, 3.05) is 26.3 Å². The van der Waals surface area contributed by atoms with Crippen molar-refractivity contribution in [3.8, 4) is 0 Å². The van der Waals surface area contributed by atoms with Gasteiger partial charge < -0.3 is 34.1 Å². The summed E-state index contributed by atoms with van der Waals surface area (Å²) >= 11 is 0. The molecule has 2 N–H and O–H groups in total. The standard InChI is InChI=1S/C40H67NO7/c1-11-45-33(36(7,8)44)25-20-24(4)30-31(47-25)32(42)38(10)27-13-12-26-35(5,6)28(48-29-21-41(18-19-46-29)34(43)23(2)3)14-15-39(26)22-40(27,39)17-16-37(30,38)9/h23-33,42,44H,11-22H2,1-10H3/t24-,25-,26+,27+,28+,29?,30+,31+,32+,33+,37-,38-,39-,40+/m1/s1. The molecule has 2 saturated heterocycles. The molecule has 7 rings (SSSR count). The summed E-state index contributed by atoms with van der Waals surface area (Å²) in [7, 11) is 0. The fourth-order valence-electron chi connectivity index (χ4n) is 14.1. The molecule has 274 valence electrons. The van der Waals surface area contributed by atoms with Crippen LogP contribution in [0.3, 0.4) is 0 Å². The summed E-state index contributed by atoms with van der Waals surface area (Å²) in [6.07, 6.45) is 7.33. The molecule has 2 spiro atoms. The second-order valence-electron chi connectivity index (χ2n) is 19.4. The van der Waals surface area contributed by atoms with Crippen LogP contribution in [0, 0.1) is 56.7 Å². The zero-order valence-corrected chi connectivity index (χ0v) is 31.7. The summed E-state index contributed by atoms with van der Waals surface area (Å²) in [5.74, 6) is 1.87. The quantitative estimate of drug-likeness (QED) is 0.332. The third-order valence-corrected chi connectivity index (χ3v) is 16.3. The summed E-state index contributed by atoms with van der Waals surface area (Å²) in [6, 6.07) is 0. The van der Waals surface area contributed by atoms with Crippen LogP contribution < -0.4 is 0 Å². The van der Waals surface area contributed by atoms with Crippen molar-refractivity contribution in [2.24, 2.45) is 56.7 Å². The Morgan fingerprint density at radius 2 is 1.73 bits per heavy atom. The van der Waals surface area contributed by atoms with Gasteiger partial charge in [-0.1, -0.05) is 48.5 Å². The molecular formula is C40H67NO7. The van der Waals surface area contributed by atoms with E-state index in [0.717, 1.165) is 25.7 Å². The third kappa shape index (κ3) is 4.77. The van der Waals surface area contributed by atoms with E-state index < -0.39 is 17.8 Å². The average Bonchev–Trinajstić information content (AvgIpc) is 3.65. The lowest BCUT2D eigenvalue weighted by atomic mass is 9.41. The predicted octanol–water partition coefficient (Wildman–Crippen LogP) is 6.20. The van der Waals surface area contributed by atoms with Crippen molar-refractivity contribution in [2.45, 2.75) is 163 Å². The minimum Gasteiger partial charge on any atom is -0.390 e. The molecular weight excluding hydrogens is 606 g/mol. The lowest BCUT2D eigenvalue weighted by Gasteiger charge is -2.64. The van der Waals surface area contributed by atoms with Crippen LogP contribution in [0.25, 0.3) is 0 Å². The Kier molecular flexibility index (Phi) is 8.62. The maximum Gasteiger partial charge on any atom is 0.225 e. The van der Waals surface area contributed by atoms with Gasteiger partial charge in [0, 0.05) is 24.5 Å². The van der Waals surface area contributed by atoms with Crippen LogP contribution >= 0.6 is 0 Å². The van der Waals surface area contributed by atoms with Gasteiger partial charge in [0.2, 0.25) is 5.91 Å². The lowest BCUT2D eigenvalue weighted by Crippen LogP contribution is -2.60. The van der Waals surface area contributed by atoms with Crippen LogP contribution in [-0.2, 0) is 23.7 Å². The fraction of sp³-hybridized carbons (Fsp3) is 0.975. The van der Waals surface area contributed by atoms with E-state index in [-0.39, 0.29) is 58.1 Å². The van der Waals surface area contributed by atoms with E-state index >= 15 is 0 Å². The van der Waals surface area contributed by atoms with Gasteiger partial charge in [-0.3, -0.25) is 4.79 Å². The summed E-state index contributed by atoms with van der Waals surface area (Å²) in [6.45, 7) is 23.9. The molecule has 0 aromatic heterocycles. The van der Waals surface area contributed by atoms with Crippen molar-refractivity contribution in [1.82, 2.24) is 4.90 Å². The number of nitrogens with zero attached hydrogens (tertiary/aromatic N) is 1. The normalized spacial score (nSPS) is 50.1. The van der Waals surface area contributed by atoms with Crippen LogP contribution in [-0.4, -0.2) is 89.7 Å². The van der Waals surface area contributed by atoms with E-state index in [2.05, 4.69) is 34.6 Å². The Balaban J connectivity index is 1.11. The molecule has 0 aromatic rings. The highest BCUT2D eigenvalue weighted by Crippen LogP contribution is 2.89. The number of carbonyl (C=O) groups excluding carboxylic acids is 1. The van der Waals surface area contributed by atoms with E-state index in [1.807, 2.05) is 39.5 Å². The van der Waals surface area contributed by atoms with Gasteiger partial charge >= 0.3 is 0 Å². The topological polar surface area (TPSA) is 97.7 Å². The molecule has 5 aliphatic carbocycles. The fourth-order valence-corrected chi connectivity index (χ4v) is 14.1. The first kappa shape index (κ1) is 35.6. The molecule has 0 aromatic carbocycles. The maximum atomic E-state index is 12.8. The second kappa shape index (κ2) is 11.6. The lowest BCUT2D eigenvalue weighted by molar-refractivity contribution is -0.248. The smallest absolute Gasteiger partial charge is 0.225 e. The monoisotopic (exact) mass is 673 g/mol. The highest BCUT2D eigenvalue weighted by Gasteiger charge is 2.84. The van der Waals surface area contributed by atoms with E-state index in [1.54, 1.807) is 0 Å². The van der Waals surface area contributed by atoms with Gasteiger partial charge in [0.25, 0.3) is 0 Å². The van der Waals surface area contributed by atoms with Gasteiger partial charge in [-0.05, 0) is 117 Å². The number of rotatable bonds is 7. The zero-order chi connectivity index (χ0) is 34.8. The zero-order valence-electron chi connectivity index (χ0n) is 31.7. The number of ether oxygens (including phenoxy) is 4. The van der Waals surface area contributed by atoms with E-state index in [1.165, 1.54) is 25.7 Å². The number of carbonyl (C=O) groups is 1. The van der Waals surface area contributed by atoms with Gasteiger partial charge in [-0.2, -0.15) is 0 Å². The van der Waals surface area contributed by atoms with Gasteiger partial charge in [-0.15, -0.1) is 0 Å². The Hall–Kier alpha value is -0.770. The molecule has 1 unspecified atom stereocenters. The molecule has 8 heteroatoms. The van der Waals surface area contributed by atoms with Crippen molar-refractivity contribution in [3.05, 3.63) is 0 Å². The Morgan fingerprint density at radius 3 is 2.40 bits per heavy atom. The first-order chi connectivity index (χ1) is 22.4. The van der Waals surface area contributed by atoms with Gasteiger partial charge in [0.15, 0.2) is 6.29 Å². The molecule has 0 radical (unpaired) electrons. The van der Waals surface area contributed by atoms with Crippen LogP contribution in [0.5, 0.6) is 0 Å². The van der Waals surface area contributed by atoms with E-state index in [9.17, 15) is 15.0 Å². The number of morpholine rings is 1. The van der Waals surface area contributed by atoms with Gasteiger partial charge in [0.05, 0.1) is 43.2 Å².